The highest BCUT2D eigenvalue weighted by molar-refractivity contribution is 7.99. The molecule has 1 saturated heterocycles. The number of amides is 1. The number of hydrogen-bond acceptors (Lipinski definition) is 8. The Morgan fingerprint density at radius 1 is 1.37 bits per heavy atom. The molecule has 0 spiro atoms. The van der Waals surface area contributed by atoms with E-state index in [2.05, 4.69) is 10.2 Å². The van der Waals surface area contributed by atoms with Gasteiger partial charge in [0.05, 0.1) is 29.9 Å². The Kier molecular flexibility index (Phi) is 6.91. The summed E-state index contributed by atoms with van der Waals surface area (Å²) in [6.07, 6.45) is 0.483. The summed E-state index contributed by atoms with van der Waals surface area (Å²) in [5.41, 5.74) is 0.700. The summed E-state index contributed by atoms with van der Waals surface area (Å²) in [5, 5.41) is 8.65. The quantitative estimate of drug-likeness (QED) is 0.471. The second-order valence-corrected chi connectivity index (χ2v) is 10.8. The minimum absolute atomic E-state index is 0.0289. The molecule has 0 radical (unpaired) electrons. The Morgan fingerprint density at radius 3 is 2.73 bits per heavy atom. The third-order valence-electron chi connectivity index (χ3n) is 4.87. The number of benzene rings is 1. The standard InChI is InChI=1S/C19H27N5O4S2/c1-13(2)10-23(14-8-9-30(26,27)12-14)17(25)11-29-19-22-21-18(24(19)20)15-6-4-5-7-16(15)28-3/h4-7,13-14H,8-12,20H2,1-3H3. The number of thioether (sulfide) groups is 1. The van der Waals surface area contributed by atoms with Crippen molar-refractivity contribution >= 4 is 27.5 Å². The fraction of sp³-hybridized carbons (Fsp3) is 0.526. The Labute approximate surface area is 180 Å². The van der Waals surface area contributed by atoms with Crippen molar-refractivity contribution in [2.75, 3.05) is 36.8 Å². The zero-order chi connectivity index (χ0) is 21.9. The highest BCUT2D eigenvalue weighted by atomic mass is 32.2. The van der Waals surface area contributed by atoms with Crippen molar-refractivity contribution in [1.29, 1.82) is 0 Å². The Balaban J connectivity index is 1.72. The highest BCUT2D eigenvalue weighted by Gasteiger charge is 2.35. The van der Waals surface area contributed by atoms with Gasteiger partial charge >= 0.3 is 0 Å². The van der Waals surface area contributed by atoms with Crippen molar-refractivity contribution in [2.45, 2.75) is 31.5 Å². The van der Waals surface area contributed by atoms with Gasteiger partial charge < -0.3 is 15.5 Å². The van der Waals surface area contributed by atoms with Crippen molar-refractivity contribution in [3.05, 3.63) is 24.3 Å². The van der Waals surface area contributed by atoms with E-state index in [0.29, 0.717) is 35.3 Å². The summed E-state index contributed by atoms with van der Waals surface area (Å²) in [5.74, 6) is 7.59. The predicted octanol–water partition coefficient (Wildman–Crippen LogP) is 1.43. The number of nitrogens with zero attached hydrogens (tertiary/aromatic N) is 4. The van der Waals surface area contributed by atoms with Gasteiger partial charge in [-0.3, -0.25) is 4.79 Å². The first kappa shape index (κ1) is 22.4. The average molecular weight is 454 g/mol. The Hall–Kier alpha value is -2.27. The van der Waals surface area contributed by atoms with E-state index in [1.165, 1.54) is 16.4 Å². The molecule has 1 unspecified atom stereocenters. The number of nitrogens with two attached hydrogens (primary N) is 1. The van der Waals surface area contributed by atoms with Gasteiger partial charge in [-0.1, -0.05) is 37.7 Å². The SMILES string of the molecule is COc1ccccc1-c1nnc(SCC(=O)N(CC(C)C)C2CCS(=O)(=O)C2)n1N. The molecule has 0 saturated carbocycles. The zero-order valence-corrected chi connectivity index (χ0v) is 18.9. The van der Waals surface area contributed by atoms with E-state index in [-0.39, 0.29) is 35.1 Å². The van der Waals surface area contributed by atoms with Crippen LogP contribution in [0, 0.1) is 5.92 Å². The van der Waals surface area contributed by atoms with Crippen LogP contribution in [0.25, 0.3) is 11.4 Å². The van der Waals surface area contributed by atoms with Crippen LogP contribution in [0.1, 0.15) is 20.3 Å². The molecule has 1 fully saturated rings. The van der Waals surface area contributed by atoms with Gasteiger partial charge in [-0.25, -0.2) is 13.1 Å². The monoisotopic (exact) mass is 453 g/mol. The summed E-state index contributed by atoms with van der Waals surface area (Å²) >= 11 is 1.18. The topological polar surface area (TPSA) is 120 Å². The number of para-hydroxylation sites is 1. The van der Waals surface area contributed by atoms with Crippen LogP contribution in [-0.4, -0.2) is 71.1 Å². The van der Waals surface area contributed by atoms with Gasteiger partial charge in [0.1, 0.15) is 5.75 Å². The number of ether oxygens (including phenoxy) is 1. The number of aromatic nitrogens is 3. The van der Waals surface area contributed by atoms with Crippen molar-refractivity contribution in [3.63, 3.8) is 0 Å². The molecule has 3 rings (SSSR count). The summed E-state index contributed by atoms with van der Waals surface area (Å²) < 4.78 is 30.4. The summed E-state index contributed by atoms with van der Waals surface area (Å²) in [4.78, 5) is 14.6. The van der Waals surface area contributed by atoms with Crippen LogP contribution in [0.2, 0.25) is 0 Å². The molecule has 1 amide bonds. The first-order valence-electron chi connectivity index (χ1n) is 9.68. The first-order valence-corrected chi connectivity index (χ1v) is 12.5. The molecule has 9 nitrogen and oxygen atoms in total. The number of hydrogen-bond donors (Lipinski definition) is 1. The van der Waals surface area contributed by atoms with Gasteiger partial charge in [0, 0.05) is 12.6 Å². The molecule has 1 atom stereocenters. The molecule has 1 aromatic heterocycles. The van der Waals surface area contributed by atoms with Crippen molar-refractivity contribution in [1.82, 2.24) is 19.8 Å². The second-order valence-electron chi connectivity index (χ2n) is 7.66. The molecule has 1 aromatic carbocycles. The molecule has 0 aliphatic carbocycles. The number of carbonyl (C=O) groups is 1. The lowest BCUT2D eigenvalue weighted by Crippen LogP contribution is -2.44. The number of rotatable bonds is 8. The largest absolute Gasteiger partial charge is 0.496 e. The second kappa shape index (κ2) is 9.25. The van der Waals surface area contributed by atoms with Crippen LogP contribution < -0.4 is 10.6 Å². The molecule has 164 valence electrons. The lowest BCUT2D eigenvalue weighted by atomic mass is 10.1. The van der Waals surface area contributed by atoms with Gasteiger partial charge in [0.15, 0.2) is 15.7 Å². The lowest BCUT2D eigenvalue weighted by Gasteiger charge is -2.29. The van der Waals surface area contributed by atoms with Crippen molar-refractivity contribution in [2.24, 2.45) is 5.92 Å². The number of carbonyl (C=O) groups excluding carboxylic acids is 1. The number of methoxy groups -OCH3 is 1. The van der Waals surface area contributed by atoms with Crippen LogP contribution in [0.5, 0.6) is 5.75 Å². The molecule has 1 aliphatic rings. The van der Waals surface area contributed by atoms with Crippen LogP contribution >= 0.6 is 11.8 Å². The highest BCUT2D eigenvalue weighted by Crippen LogP contribution is 2.29. The Morgan fingerprint density at radius 2 is 2.10 bits per heavy atom. The molecule has 0 bridgehead atoms. The van der Waals surface area contributed by atoms with E-state index in [9.17, 15) is 13.2 Å². The third kappa shape index (κ3) is 5.07. The van der Waals surface area contributed by atoms with E-state index >= 15 is 0 Å². The smallest absolute Gasteiger partial charge is 0.233 e. The summed E-state index contributed by atoms with van der Waals surface area (Å²) in [6, 6.07) is 7.06. The Bertz CT molecular complexity index is 1010. The molecule has 2 heterocycles. The van der Waals surface area contributed by atoms with Crippen LogP contribution in [0.3, 0.4) is 0 Å². The third-order valence-corrected chi connectivity index (χ3v) is 7.55. The van der Waals surface area contributed by atoms with E-state index in [4.69, 9.17) is 10.6 Å². The summed E-state index contributed by atoms with van der Waals surface area (Å²) in [7, 11) is -1.51. The first-order chi connectivity index (χ1) is 14.2. The van der Waals surface area contributed by atoms with Gasteiger partial charge in [0.2, 0.25) is 11.1 Å². The summed E-state index contributed by atoms with van der Waals surface area (Å²) in [6.45, 7) is 4.53. The van der Waals surface area contributed by atoms with Crippen molar-refractivity contribution < 1.29 is 17.9 Å². The van der Waals surface area contributed by atoms with E-state index < -0.39 is 9.84 Å². The predicted molar refractivity (Wildman–Crippen MR) is 116 cm³/mol. The molecule has 30 heavy (non-hydrogen) atoms. The maximum atomic E-state index is 12.9. The van der Waals surface area contributed by atoms with Crippen LogP contribution in [0.4, 0.5) is 0 Å². The van der Waals surface area contributed by atoms with E-state index in [1.807, 2.05) is 32.0 Å². The van der Waals surface area contributed by atoms with Crippen LogP contribution in [0.15, 0.2) is 29.4 Å². The zero-order valence-electron chi connectivity index (χ0n) is 17.3. The number of sulfone groups is 1. The number of nitrogen functional groups attached to an aromatic ring is 1. The van der Waals surface area contributed by atoms with Gasteiger partial charge in [-0.15, -0.1) is 10.2 Å². The van der Waals surface area contributed by atoms with Gasteiger partial charge in [0.25, 0.3) is 0 Å². The lowest BCUT2D eigenvalue weighted by molar-refractivity contribution is -0.130. The van der Waals surface area contributed by atoms with Crippen molar-refractivity contribution in [3.8, 4) is 17.1 Å². The minimum atomic E-state index is -3.08. The molecule has 1 aliphatic heterocycles. The average Bonchev–Trinajstić information content (AvgIpc) is 3.25. The van der Waals surface area contributed by atoms with Crippen LogP contribution in [-0.2, 0) is 14.6 Å². The fourth-order valence-corrected chi connectivity index (χ4v) is 5.94. The molecule has 11 heteroatoms. The van der Waals surface area contributed by atoms with E-state index in [0.717, 1.165) is 0 Å². The van der Waals surface area contributed by atoms with E-state index in [1.54, 1.807) is 18.1 Å². The van der Waals surface area contributed by atoms with Gasteiger partial charge in [-0.2, -0.15) is 0 Å². The maximum absolute atomic E-state index is 12.9. The molecular formula is C19H27N5O4S2. The fourth-order valence-electron chi connectivity index (χ4n) is 3.47. The maximum Gasteiger partial charge on any atom is 0.233 e. The molecular weight excluding hydrogens is 426 g/mol. The molecule has 2 aromatic rings. The minimum Gasteiger partial charge on any atom is -0.496 e. The molecule has 2 N–H and O–H groups in total. The normalized spacial score (nSPS) is 17.9. The van der Waals surface area contributed by atoms with Gasteiger partial charge in [-0.05, 0) is 24.5 Å².